The molecule has 0 aliphatic carbocycles. The van der Waals surface area contributed by atoms with E-state index in [1.807, 2.05) is 25.1 Å². The molecule has 0 radical (unpaired) electrons. The van der Waals surface area contributed by atoms with Crippen LogP contribution in [0.2, 0.25) is 0 Å². The van der Waals surface area contributed by atoms with Crippen molar-refractivity contribution < 1.29 is 14.0 Å². The van der Waals surface area contributed by atoms with Crippen LogP contribution in [0.4, 0.5) is 21.5 Å². The second-order valence-electron chi connectivity index (χ2n) is 4.86. The minimum absolute atomic E-state index is 0.351. The summed E-state index contributed by atoms with van der Waals surface area (Å²) in [5.41, 5.74) is 1.77. The summed E-state index contributed by atoms with van der Waals surface area (Å²) < 4.78 is 12.8. The molecule has 2 amide bonds. The highest BCUT2D eigenvalue weighted by atomic mass is 19.1. The van der Waals surface area contributed by atoms with Crippen LogP contribution >= 0.6 is 0 Å². The topological polar surface area (TPSA) is 61.4 Å². The van der Waals surface area contributed by atoms with Gasteiger partial charge in [0.2, 0.25) is 0 Å². The molecule has 2 aromatic carbocycles. The van der Waals surface area contributed by atoms with E-state index < -0.39 is 17.6 Å². The van der Waals surface area contributed by atoms with Crippen LogP contribution < -0.4 is 15.5 Å². The first kappa shape index (κ1) is 15.5. The van der Waals surface area contributed by atoms with Gasteiger partial charge in [-0.15, -0.1) is 0 Å². The first-order valence-electron chi connectivity index (χ1n) is 6.61. The number of carbonyl (C=O) groups excluding carboxylic acids is 2. The van der Waals surface area contributed by atoms with E-state index in [1.54, 1.807) is 18.2 Å². The molecular weight excluding hydrogens is 285 g/mol. The molecule has 0 heterocycles. The van der Waals surface area contributed by atoms with Gasteiger partial charge in [0.1, 0.15) is 5.82 Å². The summed E-state index contributed by atoms with van der Waals surface area (Å²) in [6.45, 7) is 0. The highest BCUT2D eigenvalue weighted by molar-refractivity contribution is 6.43. The van der Waals surface area contributed by atoms with Gasteiger partial charge in [0, 0.05) is 31.2 Å². The molecule has 0 spiro atoms. The summed E-state index contributed by atoms with van der Waals surface area (Å²) in [6.07, 6.45) is 0. The van der Waals surface area contributed by atoms with Crippen molar-refractivity contribution in [3.63, 3.8) is 0 Å². The van der Waals surface area contributed by atoms with Crippen LogP contribution in [0.5, 0.6) is 0 Å². The number of anilines is 3. The molecule has 0 fully saturated rings. The predicted molar refractivity (Wildman–Crippen MR) is 84.4 cm³/mol. The fraction of sp³-hybridized carbons (Fsp3) is 0.125. The van der Waals surface area contributed by atoms with Crippen molar-refractivity contribution in [3.05, 3.63) is 54.3 Å². The zero-order chi connectivity index (χ0) is 16.1. The van der Waals surface area contributed by atoms with Gasteiger partial charge in [0.15, 0.2) is 0 Å². The molecule has 0 aliphatic rings. The molecular formula is C16H16FN3O2. The zero-order valence-corrected chi connectivity index (χ0v) is 12.3. The summed E-state index contributed by atoms with van der Waals surface area (Å²) in [4.78, 5) is 25.5. The van der Waals surface area contributed by atoms with Crippen LogP contribution in [0.1, 0.15) is 0 Å². The van der Waals surface area contributed by atoms with Crippen molar-refractivity contribution in [2.45, 2.75) is 0 Å². The fourth-order valence-corrected chi connectivity index (χ4v) is 1.77. The summed E-state index contributed by atoms with van der Waals surface area (Å²) >= 11 is 0. The number of halogens is 1. The van der Waals surface area contributed by atoms with E-state index >= 15 is 0 Å². The Bertz CT molecular complexity index is 684. The summed E-state index contributed by atoms with van der Waals surface area (Å²) in [5, 5.41) is 4.92. The maximum atomic E-state index is 12.8. The first-order chi connectivity index (χ1) is 10.5. The quantitative estimate of drug-likeness (QED) is 0.856. The number of hydrogen-bond donors (Lipinski definition) is 2. The molecule has 0 unspecified atom stereocenters. The number of nitrogens with one attached hydrogen (secondary N) is 2. The number of benzene rings is 2. The Morgan fingerprint density at radius 3 is 2.09 bits per heavy atom. The summed E-state index contributed by atoms with van der Waals surface area (Å²) in [6, 6.07) is 12.3. The van der Waals surface area contributed by atoms with Crippen molar-refractivity contribution in [1.29, 1.82) is 0 Å². The minimum atomic E-state index is -0.818. The lowest BCUT2D eigenvalue weighted by Crippen LogP contribution is -2.29. The number of rotatable bonds is 3. The average Bonchev–Trinajstić information content (AvgIpc) is 2.49. The standard InChI is InChI=1S/C16H16FN3O2/c1-20(2)14-5-3-4-13(10-14)19-16(22)15(21)18-12-8-6-11(17)7-9-12/h3-10H,1-2H3,(H,18,21)(H,19,22). The normalized spacial score (nSPS) is 9.95. The van der Waals surface area contributed by atoms with Gasteiger partial charge in [-0.25, -0.2) is 4.39 Å². The van der Waals surface area contributed by atoms with Crippen molar-refractivity contribution in [1.82, 2.24) is 0 Å². The lowest BCUT2D eigenvalue weighted by Gasteiger charge is -2.14. The van der Waals surface area contributed by atoms with E-state index in [-0.39, 0.29) is 0 Å². The van der Waals surface area contributed by atoms with Crippen LogP contribution in [0.15, 0.2) is 48.5 Å². The Balaban J connectivity index is 2.00. The molecule has 2 N–H and O–H groups in total. The van der Waals surface area contributed by atoms with Gasteiger partial charge in [-0.1, -0.05) is 6.07 Å². The van der Waals surface area contributed by atoms with Gasteiger partial charge >= 0.3 is 11.8 Å². The average molecular weight is 301 g/mol. The molecule has 114 valence electrons. The number of amides is 2. The van der Waals surface area contributed by atoms with E-state index in [9.17, 15) is 14.0 Å². The molecule has 6 heteroatoms. The van der Waals surface area contributed by atoms with Crippen LogP contribution in [0, 0.1) is 5.82 Å². The molecule has 0 aliphatic heterocycles. The maximum Gasteiger partial charge on any atom is 0.314 e. The second-order valence-corrected chi connectivity index (χ2v) is 4.86. The van der Waals surface area contributed by atoms with Gasteiger partial charge in [0.25, 0.3) is 0 Å². The van der Waals surface area contributed by atoms with Gasteiger partial charge in [0.05, 0.1) is 0 Å². The van der Waals surface area contributed by atoms with E-state index in [0.29, 0.717) is 11.4 Å². The maximum absolute atomic E-state index is 12.8. The Hall–Kier alpha value is -2.89. The van der Waals surface area contributed by atoms with E-state index in [4.69, 9.17) is 0 Å². The van der Waals surface area contributed by atoms with Crippen molar-refractivity contribution in [3.8, 4) is 0 Å². The molecule has 0 saturated carbocycles. The highest BCUT2D eigenvalue weighted by Gasteiger charge is 2.14. The van der Waals surface area contributed by atoms with Crippen LogP contribution in [-0.4, -0.2) is 25.9 Å². The van der Waals surface area contributed by atoms with Crippen LogP contribution in [0.3, 0.4) is 0 Å². The van der Waals surface area contributed by atoms with Gasteiger partial charge in [-0.05, 0) is 42.5 Å². The van der Waals surface area contributed by atoms with E-state index in [1.165, 1.54) is 24.3 Å². The minimum Gasteiger partial charge on any atom is -0.378 e. The third-order valence-corrected chi connectivity index (χ3v) is 2.93. The van der Waals surface area contributed by atoms with Gasteiger partial charge < -0.3 is 15.5 Å². The van der Waals surface area contributed by atoms with Crippen molar-refractivity contribution in [2.24, 2.45) is 0 Å². The molecule has 0 atom stereocenters. The fourth-order valence-electron chi connectivity index (χ4n) is 1.77. The highest BCUT2D eigenvalue weighted by Crippen LogP contribution is 2.17. The van der Waals surface area contributed by atoms with Crippen molar-refractivity contribution in [2.75, 3.05) is 29.6 Å². The smallest absolute Gasteiger partial charge is 0.314 e. The van der Waals surface area contributed by atoms with E-state index in [0.717, 1.165) is 5.69 Å². The van der Waals surface area contributed by atoms with Crippen LogP contribution in [0.25, 0.3) is 0 Å². The number of carbonyl (C=O) groups is 2. The van der Waals surface area contributed by atoms with Gasteiger partial charge in [-0.3, -0.25) is 9.59 Å². The molecule has 2 aromatic rings. The third-order valence-electron chi connectivity index (χ3n) is 2.93. The lowest BCUT2D eigenvalue weighted by atomic mass is 10.2. The molecule has 0 saturated heterocycles. The molecule has 5 nitrogen and oxygen atoms in total. The number of nitrogens with zero attached hydrogens (tertiary/aromatic N) is 1. The molecule has 22 heavy (non-hydrogen) atoms. The predicted octanol–water partition coefficient (Wildman–Crippen LogP) is 2.47. The Morgan fingerprint density at radius 1 is 0.909 bits per heavy atom. The molecule has 0 bridgehead atoms. The largest absolute Gasteiger partial charge is 0.378 e. The zero-order valence-electron chi connectivity index (χ0n) is 12.3. The molecule has 2 rings (SSSR count). The SMILES string of the molecule is CN(C)c1cccc(NC(=O)C(=O)Nc2ccc(F)cc2)c1. The monoisotopic (exact) mass is 301 g/mol. The Morgan fingerprint density at radius 2 is 1.50 bits per heavy atom. The third kappa shape index (κ3) is 4.05. The summed E-state index contributed by atoms with van der Waals surface area (Å²) in [5.74, 6) is -2.02. The lowest BCUT2D eigenvalue weighted by molar-refractivity contribution is -0.132. The first-order valence-corrected chi connectivity index (χ1v) is 6.61. The van der Waals surface area contributed by atoms with Crippen molar-refractivity contribution >= 4 is 28.9 Å². The Labute approximate surface area is 127 Å². The van der Waals surface area contributed by atoms with Crippen LogP contribution in [-0.2, 0) is 9.59 Å². The van der Waals surface area contributed by atoms with Gasteiger partial charge in [-0.2, -0.15) is 0 Å². The summed E-state index contributed by atoms with van der Waals surface area (Å²) in [7, 11) is 3.75. The molecule has 0 aromatic heterocycles. The Kier molecular flexibility index (Phi) is 4.73. The second kappa shape index (κ2) is 6.71. The van der Waals surface area contributed by atoms with E-state index in [2.05, 4.69) is 10.6 Å². The number of hydrogen-bond acceptors (Lipinski definition) is 3.